The molecule has 0 N–H and O–H groups in total. The first-order valence-corrected chi connectivity index (χ1v) is 21.4. The minimum absolute atomic E-state index is 0. The number of hydrogen-bond acceptors (Lipinski definition) is 8. The van der Waals surface area contributed by atoms with E-state index in [0.717, 1.165) is 56.4 Å². The summed E-state index contributed by atoms with van der Waals surface area (Å²) in [4.78, 5) is 8.54. The predicted molar refractivity (Wildman–Crippen MR) is 266 cm³/mol. The topological polar surface area (TPSA) is 92.7 Å². The summed E-state index contributed by atoms with van der Waals surface area (Å²) in [6.07, 6.45) is 0. The van der Waals surface area contributed by atoms with E-state index in [1.165, 1.54) is 22.7 Å². The molecule has 2 aliphatic heterocycles. The summed E-state index contributed by atoms with van der Waals surface area (Å²) in [7, 11) is 4.11. The number of anilines is 6. The quantitative estimate of drug-likeness (QED) is 0.150. The summed E-state index contributed by atoms with van der Waals surface area (Å²) in [5.41, 5.74) is 14.5. The molecule has 0 unspecified atom stereocenters. The van der Waals surface area contributed by atoms with Gasteiger partial charge in [-0.1, -0.05) is 146 Å². The van der Waals surface area contributed by atoms with Gasteiger partial charge in [-0.3, -0.25) is 10.4 Å². The molecule has 4 heterocycles. The Morgan fingerprint density at radius 1 is 0.368 bits per heavy atom. The summed E-state index contributed by atoms with van der Waals surface area (Å²) in [5.74, 6) is 0. The SMILES string of the molecule is CN1[CH-]N(c2[c-]cccc2)c2ccccc21.CN1[CH-]N(c2[c-]cccc2)c2ccccc21.[Pt].[Pt].c1ccc(-c2nn[n-]c2-c2ccccc2)cc1.c1ccc(-c2nn[n-]c2-c2ccccc2)cc1. The van der Waals surface area contributed by atoms with Crippen LogP contribution in [0, 0.1) is 25.5 Å². The Bertz CT molecular complexity index is 2710. The first-order chi connectivity index (χ1) is 32.6. The molecule has 10 nitrogen and oxygen atoms in total. The van der Waals surface area contributed by atoms with Gasteiger partial charge < -0.3 is 40.0 Å². The summed E-state index contributed by atoms with van der Waals surface area (Å²) in [6, 6.07) is 79.1. The molecule has 2 aromatic heterocycles. The average molecular weight is 1250 g/mol. The number of fused-ring (bicyclic) bond motifs is 2. The van der Waals surface area contributed by atoms with Gasteiger partial charge in [-0.15, -0.1) is 11.4 Å². The number of nitrogens with zero attached hydrogens (tertiary/aromatic N) is 10. The third-order valence-corrected chi connectivity index (χ3v) is 10.7. The van der Waals surface area contributed by atoms with Crippen LogP contribution in [-0.4, -0.2) is 34.7 Å². The fourth-order valence-corrected chi connectivity index (χ4v) is 7.55. The van der Waals surface area contributed by atoms with Crippen molar-refractivity contribution in [2.45, 2.75) is 0 Å². The van der Waals surface area contributed by atoms with Gasteiger partial charge in [0, 0.05) is 64.9 Å². The Hall–Kier alpha value is -7.38. The zero-order valence-corrected chi connectivity index (χ0v) is 41.6. The molecule has 0 bridgehead atoms. The molecule has 0 radical (unpaired) electrons. The molecule has 12 heteroatoms. The number of benzene rings is 8. The minimum Gasteiger partial charge on any atom is -0.504 e. The van der Waals surface area contributed by atoms with Crippen LogP contribution < -0.4 is 29.8 Å². The molecule has 10 aromatic rings. The average Bonchev–Trinajstić information content (AvgIpc) is 4.23. The van der Waals surface area contributed by atoms with Gasteiger partial charge >= 0.3 is 0 Å². The molecular weight excluding hydrogens is 1200 g/mol. The van der Waals surface area contributed by atoms with Crippen molar-refractivity contribution in [3.8, 4) is 45.0 Å². The number of hydrogen-bond donors (Lipinski definition) is 0. The van der Waals surface area contributed by atoms with E-state index >= 15 is 0 Å². The smallest absolute Gasteiger partial charge is 0.0326 e. The van der Waals surface area contributed by atoms with Crippen LogP contribution in [-0.2, 0) is 42.1 Å². The van der Waals surface area contributed by atoms with Crippen LogP contribution in [0.3, 0.4) is 0 Å². The second-order valence-electron chi connectivity index (χ2n) is 15.1. The van der Waals surface area contributed by atoms with E-state index in [0.29, 0.717) is 0 Å². The molecule has 0 saturated heterocycles. The maximum absolute atomic E-state index is 4.10. The van der Waals surface area contributed by atoms with Crippen LogP contribution >= 0.6 is 0 Å². The van der Waals surface area contributed by atoms with Gasteiger partial charge in [0.15, 0.2) is 0 Å². The van der Waals surface area contributed by atoms with Crippen LogP contribution in [0.15, 0.2) is 218 Å². The molecule has 0 atom stereocenters. The molecule has 2 aliphatic rings. The normalized spacial score (nSPS) is 11.8. The third kappa shape index (κ3) is 11.4. The van der Waals surface area contributed by atoms with Gasteiger partial charge in [0.05, 0.1) is 0 Å². The second kappa shape index (κ2) is 23.9. The molecule has 0 aliphatic carbocycles. The molecule has 0 saturated carbocycles. The summed E-state index contributed by atoms with van der Waals surface area (Å²) in [5, 5.41) is 24.0. The molecule has 0 fully saturated rings. The van der Waals surface area contributed by atoms with Crippen molar-refractivity contribution in [2.24, 2.45) is 0 Å². The molecule has 344 valence electrons. The van der Waals surface area contributed by atoms with Crippen LogP contribution in [0.4, 0.5) is 34.1 Å². The van der Waals surface area contributed by atoms with Crippen molar-refractivity contribution in [1.82, 2.24) is 30.8 Å². The van der Waals surface area contributed by atoms with Crippen LogP contribution in [0.5, 0.6) is 0 Å². The molecule has 68 heavy (non-hydrogen) atoms. The van der Waals surface area contributed by atoms with Crippen molar-refractivity contribution in [3.05, 3.63) is 244 Å². The van der Waals surface area contributed by atoms with Crippen molar-refractivity contribution in [1.29, 1.82) is 0 Å². The maximum Gasteiger partial charge on any atom is 0.0326 e. The van der Waals surface area contributed by atoms with Gasteiger partial charge in [0.25, 0.3) is 0 Å². The van der Waals surface area contributed by atoms with E-state index in [1.807, 2.05) is 158 Å². The third-order valence-electron chi connectivity index (χ3n) is 10.7. The Balaban J connectivity index is 0.000000133. The van der Waals surface area contributed by atoms with Crippen LogP contribution in [0.1, 0.15) is 0 Å². The second-order valence-corrected chi connectivity index (χ2v) is 15.1. The van der Waals surface area contributed by atoms with Gasteiger partial charge in [0.2, 0.25) is 0 Å². The number of aromatic nitrogens is 6. The van der Waals surface area contributed by atoms with Crippen LogP contribution in [0.2, 0.25) is 0 Å². The van der Waals surface area contributed by atoms with Crippen molar-refractivity contribution < 1.29 is 42.1 Å². The Kier molecular flexibility index (Phi) is 17.0. The fourth-order valence-electron chi connectivity index (χ4n) is 7.55. The van der Waals surface area contributed by atoms with E-state index in [9.17, 15) is 0 Å². The van der Waals surface area contributed by atoms with Gasteiger partial charge in [-0.25, -0.2) is 0 Å². The zero-order chi connectivity index (χ0) is 44.9. The molecule has 8 aromatic carbocycles. The van der Waals surface area contributed by atoms with Crippen molar-refractivity contribution >= 4 is 34.1 Å². The Morgan fingerprint density at radius 2 is 0.676 bits per heavy atom. The molecule has 0 spiro atoms. The number of rotatable bonds is 6. The van der Waals surface area contributed by atoms with E-state index in [-0.39, 0.29) is 42.1 Å². The summed E-state index contributed by atoms with van der Waals surface area (Å²) >= 11 is 0. The van der Waals surface area contributed by atoms with E-state index in [1.54, 1.807) is 0 Å². The zero-order valence-electron chi connectivity index (χ0n) is 37.0. The Labute approximate surface area is 426 Å². The fraction of sp³-hybridized carbons (Fsp3) is 0.0357. The monoisotopic (exact) mass is 1250 g/mol. The molecular formula is C56H44N10Pt2-6. The van der Waals surface area contributed by atoms with Gasteiger partial charge in [-0.05, 0) is 83.4 Å². The molecule has 12 rings (SSSR count). The van der Waals surface area contributed by atoms with E-state index in [2.05, 4.69) is 151 Å². The van der Waals surface area contributed by atoms with E-state index < -0.39 is 0 Å². The van der Waals surface area contributed by atoms with Crippen molar-refractivity contribution in [2.75, 3.05) is 33.7 Å². The number of para-hydroxylation sites is 6. The van der Waals surface area contributed by atoms with Crippen molar-refractivity contribution in [3.63, 3.8) is 0 Å². The first-order valence-electron chi connectivity index (χ1n) is 21.4. The minimum atomic E-state index is 0. The molecule has 0 amide bonds. The predicted octanol–water partition coefficient (Wildman–Crippen LogP) is 11.9. The van der Waals surface area contributed by atoms with E-state index in [4.69, 9.17) is 0 Å². The standard InChI is InChI=1S/2C14H10N3.2C14H12N2.2Pt/c2*1-3-7-11(8-4-1)13-14(16-17-15-13)12-9-5-2-6-10-12;2*1-15-11-16(12-7-3-2-4-8-12)14-10-6-5-9-13(14)15;;/h2*1-10H;2*2-7,9-11H,1H3;;/q2*-1;2*-2;;. The largest absolute Gasteiger partial charge is 0.504 e. The van der Waals surface area contributed by atoms with Gasteiger partial charge in [0.1, 0.15) is 0 Å². The summed E-state index contributed by atoms with van der Waals surface area (Å²) < 4.78 is 0. The first kappa shape index (κ1) is 48.5. The Morgan fingerprint density at radius 3 is 1.01 bits per heavy atom. The summed E-state index contributed by atoms with van der Waals surface area (Å²) in [6.45, 7) is 4.16. The maximum atomic E-state index is 4.10. The van der Waals surface area contributed by atoms with Crippen LogP contribution in [0.25, 0.3) is 45.0 Å². The van der Waals surface area contributed by atoms with Gasteiger partial charge in [-0.2, -0.15) is 74.0 Å².